The maximum Gasteiger partial charge on any atom is 0.311 e. The number of hydrogen-bond acceptors (Lipinski definition) is 3. The van der Waals surface area contributed by atoms with Crippen LogP contribution in [0.15, 0.2) is 48.5 Å². The fraction of sp³-hybridized carbons (Fsp3) is 0.222. The molecular formula is C18H18FNO3. The largest absolute Gasteiger partial charge is 0.452 e. The van der Waals surface area contributed by atoms with E-state index >= 15 is 0 Å². The Kier molecular flexibility index (Phi) is 5.46. The molecule has 2 aromatic rings. The molecule has 4 nitrogen and oxygen atoms in total. The third kappa shape index (κ3) is 5.21. The Balaban J connectivity index is 1.87. The van der Waals surface area contributed by atoms with Crippen LogP contribution < -0.4 is 5.32 Å². The van der Waals surface area contributed by atoms with Crippen molar-refractivity contribution in [3.05, 3.63) is 65.5 Å². The molecule has 1 amide bonds. The SMILES string of the molecule is Cc1ccc(CC(=O)OC(C)C(=O)Nc2cccc(F)c2)cc1. The molecule has 1 unspecified atom stereocenters. The van der Waals surface area contributed by atoms with E-state index in [0.29, 0.717) is 5.69 Å². The number of benzene rings is 2. The number of anilines is 1. The molecule has 23 heavy (non-hydrogen) atoms. The van der Waals surface area contributed by atoms with E-state index in [0.717, 1.165) is 11.1 Å². The third-order valence-electron chi connectivity index (χ3n) is 3.24. The molecule has 0 heterocycles. The molecule has 2 rings (SSSR count). The molecule has 1 atom stereocenters. The van der Waals surface area contributed by atoms with Crippen molar-refractivity contribution in [2.75, 3.05) is 5.32 Å². The van der Waals surface area contributed by atoms with Gasteiger partial charge in [-0.15, -0.1) is 0 Å². The number of esters is 1. The minimum Gasteiger partial charge on any atom is -0.452 e. The maximum absolute atomic E-state index is 13.1. The number of nitrogens with one attached hydrogen (secondary N) is 1. The highest BCUT2D eigenvalue weighted by molar-refractivity contribution is 5.95. The molecule has 1 N–H and O–H groups in total. The minimum absolute atomic E-state index is 0.0951. The number of rotatable bonds is 5. The van der Waals surface area contributed by atoms with Gasteiger partial charge in [0.25, 0.3) is 5.91 Å². The highest BCUT2D eigenvalue weighted by Crippen LogP contribution is 2.11. The summed E-state index contributed by atoms with van der Waals surface area (Å²) in [6, 6.07) is 13.0. The number of carbonyl (C=O) groups excluding carboxylic acids is 2. The Hall–Kier alpha value is -2.69. The average Bonchev–Trinajstić information content (AvgIpc) is 2.49. The van der Waals surface area contributed by atoms with Crippen molar-refractivity contribution >= 4 is 17.6 Å². The lowest BCUT2D eigenvalue weighted by Crippen LogP contribution is -2.30. The maximum atomic E-state index is 13.1. The molecule has 0 saturated carbocycles. The Morgan fingerprint density at radius 3 is 2.52 bits per heavy atom. The summed E-state index contributed by atoms with van der Waals surface area (Å²) in [6.45, 7) is 3.43. The highest BCUT2D eigenvalue weighted by Gasteiger charge is 2.18. The normalized spacial score (nSPS) is 11.6. The van der Waals surface area contributed by atoms with E-state index in [1.165, 1.54) is 25.1 Å². The second-order valence-electron chi connectivity index (χ2n) is 5.29. The first-order chi connectivity index (χ1) is 10.9. The van der Waals surface area contributed by atoms with E-state index in [-0.39, 0.29) is 6.42 Å². The summed E-state index contributed by atoms with van der Waals surface area (Å²) in [5.41, 5.74) is 2.24. The lowest BCUT2D eigenvalue weighted by Gasteiger charge is -2.13. The summed E-state index contributed by atoms with van der Waals surface area (Å²) in [5, 5.41) is 2.50. The summed E-state index contributed by atoms with van der Waals surface area (Å²) in [6.07, 6.45) is -0.867. The van der Waals surface area contributed by atoms with Crippen LogP contribution in [0.2, 0.25) is 0 Å². The van der Waals surface area contributed by atoms with Crippen LogP contribution in [0.5, 0.6) is 0 Å². The molecule has 0 radical (unpaired) electrons. The smallest absolute Gasteiger partial charge is 0.311 e. The van der Waals surface area contributed by atoms with Gasteiger partial charge in [0.15, 0.2) is 6.10 Å². The monoisotopic (exact) mass is 315 g/mol. The van der Waals surface area contributed by atoms with E-state index in [9.17, 15) is 14.0 Å². The van der Waals surface area contributed by atoms with Gasteiger partial charge in [0.05, 0.1) is 6.42 Å². The zero-order valence-corrected chi connectivity index (χ0v) is 13.0. The topological polar surface area (TPSA) is 55.4 Å². The first-order valence-electron chi connectivity index (χ1n) is 7.25. The van der Waals surface area contributed by atoms with Crippen molar-refractivity contribution in [1.82, 2.24) is 0 Å². The van der Waals surface area contributed by atoms with Gasteiger partial charge in [-0.25, -0.2) is 4.39 Å². The lowest BCUT2D eigenvalue weighted by molar-refractivity contribution is -0.152. The van der Waals surface area contributed by atoms with Gasteiger partial charge < -0.3 is 10.1 Å². The summed E-state index contributed by atoms with van der Waals surface area (Å²) in [5.74, 6) is -1.45. The molecular weight excluding hydrogens is 297 g/mol. The van der Waals surface area contributed by atoms with E-state index < -0.39 is 23.8 Å². The van der Waals surface area contributed by atoms with Crippen molar-refractivity contribution in [2.45, 2.75) is 26.4 Å². The number of ether oxygens (including phenoxy) is 1. The van der Waals surface area contributed by atoms with E-state index in [1.54, 1.807) is 6.07 Å². The van der Waals surface area contributed by atoms with Gasteiger partial charge >= 0.3 is 5.97 Å². The van der Waals surface area contributed by atoms with Crippen LogP contribution >= 0.6 is 0 Å². The summed E-state index contributed by atoms with van der Waals surface area (Å²) >= 11 is 0. The van der Waals surface area contributed by atoms with Gasteiger partial charge in [-0.05, 0) is 37.6 Å². The van der Waals surface area contributed by atoms with Crippen molar-refractivity contribution in [3.8, 4) is 0 Å². The van der Waals surface area contributed by atoms with E-state index in [1.807, 2.05) is 31.2 Å². The predicted octanol–water partition coefficient (Wildman–Crippen LogP) is 3.25. The second-order valence-corrected chi connectivity index (χ2v) is 5.29. The van der Waals surface area contributed by atoms with Crippen LogP contribution in [-0.2, 0) is 20.7 Å². The molecule has 0 bridgehead atoms. The van der Waals surface area contributed by atoms with Crippen LogP contribution in [0, 0.1) is 12.7 Å². The zero-order valence-electron chi connectivity index (χ0n) is 13.0. The molecule has 0 saturated heterocycles. The Labute approximate surface area is 134 Å². The molecule has 0 aliphatic rings. The van der Waals surface area contributed by atoms with Gasteiger partial charge in [0.1, 0.15) is 5.82 Å². The van der Waals surface area contributed by atoms with Crippen molar-refractivity contribution in [1.29, 1.82) is 0 Å². The summed E-state index contributed by atoms with van der Waals surface area (Å²) < 4.78 is 18.2. The number of amides is 1. The Bertz CT molecular complexity index is 698. The first kappa shape index (κ1) is 16.7. The predicted molar refractivity (Wildman–Crippen MR) is 85.5 cm³/mol. The van der Waals surface area contributed by atoms with Crippen LogP contribution in [0.4, 0.5) is 10.1 Å². The molecule has 0 fully saturated rings. The molecule has 120 valence electrons. The van der Waals surface area contributed by atoms with Gasteiger partial charge in [0, 0.05) is 5.69 Å². The van der Waals surface area contributed by atoms with Crippen molar-refractivity contribution < 1.29 is 18.7 Å². The first-order valence-corrected chi connectivity index (χ1v) is 7.25. The molecule has 2 aromatic carbocycles. The summed E-state index contributed by atoms with van der Waals surface area (Å²) in [7, 11) is 0. The second kappa shape index (κ2) is 7.54. The quantitative estimate of drug-likeness (QED) is 0.862. The third-order valence-corrected chi connectivity index (χ3v) is 3.24. The zero-order chi connectivity index (χ0) is 16.8. The molecule has 0 spiro atoms. The number of aryl methyl sites for hydroxylation is 1. The molecule has 0 aliphatic heterocycles. The van der Waals surface area contributed by atoms with Gasteiger partial charge in [-0.1, -0.05) is 35.9 Å². The minimum atomic E-state index is -0.962. The lowest BCUT2D eigenvalue weighted by atomic mass is 10.1. The number of halogens is 1. The van der Waals surface area contributed by atoms with Crippen LogP contribution in [-0.4, -0.2) is 18.0 Å². The number of hydrogen-bond donors (Lipinski definition) is 1. The van der Waals surface area contributed by atoms with Crippen LogP contribution in [0.3, 0.4) is 0 Å². The van der Waals surface area contributed by atoms with Gasteiger partial charge in [-0.3, -0.25) is 9.59 Å². The van der Waals surface area contributed by atoms with Crippen LogP contribution in [0.25, 0.3) is 0 Å². The summed E-state index contributed by atoms with van der Waals surface area (Å²) in [4.78, 5) is 23.8. The fourth-order valence-corrected chi connectivity index (χ4v) is 1.98. The Morgan fingerprint density at radius 2 is 1.87 bits per heavy atom. The Morgan fingerprint density at radius 1 is 1.17 bits per heavy atom. The molecule has 0 aliphatic carbocycles. The van der Waals surface area contributed by atoms with Crippen molar-refractivity contribution in [3.63, 3.8) is 0 Å². The van der Waals surface area contributed by atoms with Crippen LogP contribution in [0.1, 0.15) is 18.1 Å². The standard InChI is InChI=1S/C18H18FNO3/c1-12-6-8-14(9-7-12)10-17(21)23-13(2)18(22)20-16-5-3-4-15(19)11-16/h3-9,11,13H,10H2,1-2H3,(H,20,22). The average molecular weight is 315 g/mol. The van der Waals surface area contributed by atoms with E-state index in [2.05, 4.69) is 5.32 Å². The van der Waals surface area contributed by atoms with Gasteiger partial charge in [0.2, 0.25) is 0 Å². The molecule has 5 heteroatoms. The highest BCUT2D eigenvalue weighted by atomic mass is 19.1. The molecule has 0 aromatic heterocycles. The fourth-order valence-electron chi connectivity index (χ4n) is 1.98. The number of carbonyl (C=O) groups is 2. The van der Waals surface area contributed by atoms with Gasteiger partial charge in [-0.2, -0.15) is 0 Å². The van der Waals surface area contributed by atoms with Crippen molar-refractivity contribution in [2.24, 2.45) is 0 Å². The van der Waals surface area contributed by atoms with E-state index in [4.69, 9.17) is 4.74 Å².